The van der Waals surface area contributed by atoms with Gasteiger partial charge in [-0.05, 0) is 49.7 Å². The lowest BCUT2D eigenvalue weighted by molar-refractivity contribution is 0.0777. The van der Waals surface area contributed by atoms with Crippen LogP contribution in [0.4, 0.5) is 25.4 Å². The largest absolute Gasteiger partial charge is 0.453 e. The first-order chi connectivity index (χ1) is 14.4. The van der Waals surface area contributed by atoms with Gasteiger partial charge < -0.3 is 20.3 Å². The zero-order valence-electron chi connectivity index (χ0n) is 17.3. The molecule has 1 saturated heterocycles. The van der Waals surface area contributed by atoms with Crippen LogP contribution in [0.15, 0.2) is 36.5 Å². The monoisotopic (exact) mass is 415 g/mol. The highest BCUT2D eigenvalue weighted by Crippen LogP contribution is 2.26. The summed E-state index contributed by atoms with van der Waals surface area (Å²) < 4.78 is 19.0. The van der Waals surface area contributed by atoms with Gasteiger partial charge in [0.05, 0.1) is 19.0 Å². The molecule has 2 heterocycles. The molecule has 30 heavy (non-hydrogen) atoms. The van der Waals surface area contributed by atoms with Crippen molar-refractivity contribution in [3.8, 4) is 0 Å². The summed E-state index contributed by atoms with van der Waals surface area (Å²) in [5, 5.41) is 5.34. The number of methoxy groups -OCH3 is 1. The first-order valence-corrected chi connectivity index (χ1v) is 9.74. The van der Waals surface area contributed by atoms with E-state index in [0.717, 1.165) is 11.3 Å². The molecule has 1 aromatic heterocycles. The number of carbonyl (C=O) groups is 2. The summed E-state index contributed by atoms with van der Waals surface area (Å²) in [4.78, 5) is 31.8. The molecule has 2 aromatic rings. The Bertz CT molecular complexity index is 898. The Hall–Kier alpha value is -3.20. The van der Waals surface area contributed by atoms with Gasteiger partial charge in [0.2, 0.25) is 0 Å². The molecule has 0 radical (unpaired) electrons. The summed E-state index contributed by atoms with van der Waals surface area (Å²) in [6.45, 7) is 6.22. The first kappa shape index (κ1) is 21.5. The van der Waals surface area contributed by atoms with E-state index < -0.39 is 11.8 Å². The maximum atomic E-state index is 14.2. The molecular weight excluding hydrogens is 389 g/mol. The molecule has 1 fully saturated rings. The second-order valence-electron chi connectivity index (χ2n) is 7.21. The average Bonchev–Trinajstić information content (AvgIpc) is 2.74. The molecular formula is C21H26FN5O3. The number of aromatic nitrogens is 1. The molecule has 0 saturated carbocycles. The topological polar surface area (TPSA) is 86.8 Å². The number of piperazine rings is 1. The predicted molar refractivity (Wildman–Crippen MR) is 112 cm³/mol. The first-order valence-electron chi connectivity index (χ1n) is 9.74. The molecule has 160 valence electrons. The number of benzene rings is 1. The number of nitrogens with one attached hydrogen (secondary N) is 2. The van der Waals surface area contributed by atoms with Gasteiger partial charge in [0.1, 0.15) is 5.82 Å². The smallest absolute Gasteiger partial charge is 0.409 e. The Balaban J connectivity index is 1.63. The highest BCUT2D eigenvalue weighted by Gasteiger charge is 2.25. The number of urea groups is 1. The fourth-order valence-corrected chi connectivity index (χ4v) is 3.39. The quantitative estimate of drug-likeness (QED) is 0.797. The molecule has 2 N–H and O–H groups in total. The van der Waals surface area contributed by atoms with Gasteiger partial charge in [0, 0.05) is 43.6 Å². The second kappa shape index (κ2) is 9.53. The van der Waals surface area contributed by atoms with Gasteiger partial charge in [0.25, 0.3) is 0 Å². The Morgan fingerprint density at radius 1 is 1.10 bits per heavy atom. The molecule has 0 aliphatic carbocycles. The fourth-order valence-electron chi connectivity index (χ4n) is 3.39. The molecule has 1 unspecified atom stereocenters. The van der Waals surface area contributed by atoms with E-state index in [-0.39, 0.29) is 12.1 Å². The van der Waals surface area contributed by atoms with Crippen LogP contribution in [0.1, 0.15) is 24.2 Å². The Labute approximate surface area is 175 Å². The molecule has 1 atom stereocenters. The highest BCUT2D eigenvalue weighted by molar-refractivity contribution is 5.99. The highest BCUT2D eigenvalue weighted by atomic mass is 19.1. The van der Waals surface area contributed by atoms with Gasteiger partial charge >= 0.3 is 12.1 Å². The Kier molecular flexibility index (Phi) is 6.83. The van der Waals surface area contributed by atoms with Crippen molar-refractivity contribution >= 4 is 23.5 Å². The number of hydrogen-bond acceptors (Lipinski definition) is 5. The summed E-state index contributed by atoms with van der Waals surface area (Å²) in [5.41, 5.74) is 2.50. The van der Waals surface area contributed by atoms with Crippen LogP contribution in [0.3, 0.4) is 0 Å². The van der Waals surface area contributed by atoms with E-state index in [4.69, 9.17) is 4.74 Å². The van der Waals surface area contributed by atoms with Crippen molar-refractivity contribution in [3.05, 3.63) is 53.6 Å². The number of hydrogen-bond donors (Lipinski definition) is 2. The van der Waals surface area contributed by atoms with Crippen LogP contribution in [-0.4, -0.2) is 60.2 Å². The van der Waals surface area contributed by atoms with Gasteiger partial charge in [-0.15, -0.1) is 0 Å². The zero-order chi connectivity index (χ0) is 21.7. The van der Waals surface area contributed by atoms with E-state index in [2.05, 4.69) is 20.5 Å². The number of ether oxygens (including phenoxy) is 1. The van der Waals surface area contributed by atoms with Crippen molar-refractivity contribution in [2.45, 2.75) is 19.9 Å². The normalized spacial score (nSPS) is 15.4. The standard InChI is InChI=1S/C21H26FN5O3/c1-14-4-5-18(13-23-14)24-20(28)25-19-11-16(10-17(22)12-19)15(2)26-6-8-27(9-7-26)21(29)30-3/h4-5,10-13,15H,6-9H2,1-3H3,(H2,24,25,28). The van der Waals surface area contributed by atoms with E-state index in [9.17, 15) is 14.0 Å². The van der Waals surface area contributed by atoms with Crippen LogP contribution < -0.4 is 10.6 Å². The number of nitrogens with zero attached hydrogens (tertiary/aromatic N) is 3. The average molecular weight is 415 g/mol. The van der Waals surface area contributed by atoms with Gasteiger partial charge in [-0.1, -0.05) is 0 Å². The van der Waals surface area contributed by atoms with E-state index in [1.54, 1.807) is 29.3 Å². The third-order valence-electron chi connectivity index (χ3n) is 5.12. The maximum Gasteiger partial charge on any atom is 0.409 e. The second-order valence-corrected chi connectivity index (χ2v) is 7.21. The van der Waals surface area contributed by atoms with Gasteiger partial charge in [-0.25, -0.2) is 14.0 Å². The summed E-state index contributed by atoms with van der Waals surface area (Å²) >= 11 is 0. The Morgan fingerprint density at radius 2 is 1.80 bits per heavy atom. The van der Waals surface area contributed by atoms with E-state index in [1.165, 1.54) is 19.2 Å². The van der Waals surface area contributed by atoms with Crippen LogP contribution in [0.2, 0.25) is 0 Å². The maximum absolute atomic E-state index is 14.2. The van der Waals surface area contributed by atoms with Crippen molar-refractivity contribution in [3.63, 3.8) is 0 Å². The lowest BCUT2D eigenvalue weighted by Gasteiger charge is -2.37. The molecule has 8 nitrogen and oxygen atoms in total. The third-order valence-corrected chi connectivity index (χ3v) is 5.12. The number of halogens is 1. The van der Waals surface area contributed by atoms with Crippen molar-refractivity contribution in [1.29, 1.82) is 0 Å². The SMILES string of the molecule is COC(=O)N1CCN(C(C)c2cc(F)cc(NC(=O)Nc3ccc(C)nc3)c2)CC1. The number of carbonyl (C=O) groups excluding carboxylic acids is 2. The minimum Gasteiger partial charge on any atom is -0.453 e. The number of rotatable bonds is 4. The molecule has 1 aliphatic rings. The lowest BCUT2D eigenvalue weighted by atomic mass is 10.0. The van der Waals surface area contributed by atoms with Crippen LogP contribution in [0, 0.1) is 12.7 Å². The molecule has 3 amide bonds. The third kappa shape index (κ3) is 5.44. The van der Waals surface area contributed by atoms with Gasteiger partial charge in [-0.3, -0.25) is 9.88 Å². The number of anilines is 2. The van der Waals surface area contributed by atoms with Gasteiger partial charge in [-0.2, -0.15) is 0 Å². The van der Waals surface area contributed by atoms with E-state index in [1.807, 2.05) is 13.8 Å². The van der Waals surface area contributed by atoms with Crippen LogP contribution >= 0.6 is 0 Å². The fraction of sp³-hybridized carbons (Fsp3) is 0.381. The number of aryl methyl sites for hydroxylation is 1. The summed E-state index contributed by atoms with van der Waals surface area (Å²) in [6, 6.07) is 7.48. The Morgan fingerprint density at radius 3 is 2.43 bits per heavy atom. The lowest BCUT2D eigenvalue weighted by Crippen LogP contribution is -2.49. The molecule has 1 aromatic carbocycles. The van der Waals surface area contributed by atoms with E-state index >= 15 is 0 Å². The van der Waals surface area contributed by atoms with Crippen molar-refractivity contribution < 1.29 is 18.7 Å². The number of pyridine rings is 1. The van der Waals surface area contributed by atoms with Crippen LogP contribution in [-0.2, 0) is 4.74 Å². The van der Waals surface area contributed by atoms with Crippen LogP contribution in [0.25, 0.3) is 0 Å². The van der Waals surface area contributed by atoms with Crippen molar-refractivity contribution in [2.24, 2.45) is 0 Å². The minimum atomic E-state index is -0.475. The van der Waals surface area contributed by atoms with Crippen LogP contribution in [0.5, 0.6) is 0 Å². The van der Waals surface area contributed by atoms with Gasteiger partial charge in [0.15, 0.2) is 0 Å². The summed E-state index contributed by atoms with van der Waals surface area (Å²) in [7, 11) is 1.37. The zero-order valence-corrected chi connectivity index (χ0v) is 17.3. The summed E-state index contributed by atoms with van der Waals surface area (Å²) in [6.07, 6.45) is 1.22. The molecule has 1 aliphatic heterocycles. The summed E-state index contributed by atoms with van der Waals surface area (Å²) in [5.74, 6) is -0.431. The molecule has 0 bridgehead atoms. The predicted octanol–water partition coefficient (Wildman–Crippen LogP) is 3.62. The molecule has 3 rings (SSSR count). The van der Waals surface area contributed by atoms with E-state index in [0.29, 0.717) is 37.6 Å². The molecule has 0 spiro atoms. The number of amides is 3. The van der Waals surface area contributed by atoms with Crippen molar-refractivity contribution in [1.82, 2.24) is 14.8 Å². The van der Waals surface area contributed by atoms with Crippen molar-refractivity contribution in [2.75, 3.05) is 43.9 Å². The molecule has 9 heteroatoms. The minimum absolute atomic E-state index is 0.0783.